The first-order valence-electron chi connectivity index (χ1n) is 6.17. The minimum atomic E-state index is -0.152. The van der Waals surface area contributed by atoms with Crippen molar-refractivity contribution in [3.63, 3.8) is 0 Å². The van der Waals surface area contributed by atoms with Gasteiger partial charge in [0.1, 0.15) is 5.82 Å². The molecule has 0 aliphatic heterocycles. The molecule has 2 aromatic rings. The number of benzene rings is 1. The average Bonchev–Trinajstić information content (AvgIpc) is 2.86. The van der Waals surface area contributed by atoms with Gasteiger partial charge in [0.05, 0.1) is 6.20 Å². The minimum absolute atomic E-state index is 0.0854. The number of hydrogen-bond donors (Lipinski definition) is 1. The molecule has 1 heterocycles. The van der Waals surface area contributed by atoms with Gasteiger partial charge in [0.2, 0.25) is 0 Å². The molecule has 0 aliphatic rings. The Morgan fingerprint density at radius 2 is 2.17 bits per heavy atom. The van der Waals surface area contributed by atoms with E-state index in [4.69, 9.17) is 0 Å². The summed E-state index contributed by atoms with van der Waals surface area (Å²) in [4.78, 5) is 0. The molecule has 2 rings (SSSR count). The number of hydrogen-bond acceptors (Lipinski definition) is 2. The van der Waals surface area contributed by atoms with Gasteiger partial charge in [-0.25, -0.2) is 4.39 Å². The average molecular weight is 247 g/mol. The summed E-state index contributed by atoms with van der Waals surface area (Å²) in [6, 6.07) is 6.98. The molecule has 1 atom stereocenters. The van der Waals surface area contributed by atoms with Crippen molar-refractivity contribution in [1.82, 2.24) is 15.1 Å². The standard InChI is InChI=1S/C14H18FN3/c1-3-18-10-12(9-17-18)14(16-2)8-11-6-4-5-7-13(11)15/h4-7,9-10,14,16H,3,8H2,1-2H3. The van der Waals surface area contributed by atoms with E-state index in [1.807, 2.05) is 43.2 Å². The maximum atomic E-state index is 13.6. The fraction of sp³-hybridized carbons (Fsp3) is 0.357. The van der Waals surface area contributed by atoms with E-state index in [9.17, 15) is 4.39 Å². The second kappa shape index (κ2) is 5.78. The molecule has 0 saturated carbocycles. The van der Waals surface area contributed by atoms with Crippen LogP contribution in [0, 0.1) is 5.82 Å². The van der Waals surface area contributed by atoms with Crippen LogP contribution in [0.1, 0.15) is 24.1 Å². The SMILES string of the molecule is CCn1cc(C(Cc2ccccc2F)NC)cn1. The summed E-state index contributed by atoms with van der Waals surface area (Å²) in [6.07, 6.45) is 4.46. The number of likely N-dealkylation sites (N-methyl/N-ethyl adjacent to an activating group) is 1. The highest BCUT2D eigenvalue weighted by atomic mass is 19.1. The molecule has 0 saturated heterocycles. The predicted molar refractivity (Wildman–Crippen MR) is 69.8 cm³/mol. The summed E-state index contributed by atoms with van der Waals surface area (Å²) in [5.41, 5.74) is 1.81. The van der Waals surface area contributed by atoms with Gasteiger partial charge in [0.25, 0.3) is 0 Å². The Morgan fingerprint density at radius 1 is 1.39 bits per heavy atom. The largest absolute Gasteiger partial charge is 0.313 e. The summed E-state index contributed by atoms with van der Waals surface area (Å²) in [7, 11) is 1.88. The molecule has 0 radical (unpaired) electrons. The van der Waals surface area contributed by atoms with Gasteiger partial charge in [-0.3, -0.25) is 4.68 Å². The molecule has 1 N–H and O–H groups in total. The first-order valence-corrected chi connectivity index (χ1v) is 6.17. The summed E-state index contributed by atoms with van der Waals surface area (Å²) in [6.45, 7) is 2.89. The highest BCUT2D eigenvalue weighted by Crippen LogP contribution is 2.19. The van der Waals surface area contributed by atoms with E-state index < -0.39 is 0 Å². The lowest BCUT2D eigenvalue weighted by molar-refractivity contribution is 0.553. The molecule has 3 nitrogen and oxygen atoms in total. The van der Waals surface area contributed by atoms with Crippen LogP contribution in [-0.4, -0.2) is 16.8 Å². The Labute approximate surface area is 107 Å². The van der Waals surface area contributed by atoms with Crippen molar-refractivity contribution >= 4 is 0 Å². The Kier molecular flexibility index (Phi) is 4.10. The molecular formula is C14H18FN3. The summed E-state index contributed by atoms with van der Waals surface area (Å²) in [5.74, 6) is -0.152. The Morgan fingerprint density at radius 3 is 2.78 bits per heavy atom. The summed E-state index contributed by atoms with van der Waals surface area (Å²) < 4.78 is 15.5. The van der Waals surface area contributed by atoms with Crippen LogP contribution in [0.15, 0.2) is 36.7 Å². The van der Waals surface area contributed by atoms with Crippen LogP contribution in [0.3, 0.4) is 0 Å². The smallest absolute Gasteiger partial charge is 0.126 e. The van der Waals surface area contributed by atoms with Crippen molar-refractivity contribution < 1.29 is 4.39 Å². The van der Waals surface area contributed by atoms with Gasteiger partial charge in [-0.1, -0.05) is 18.2 Å². The third-order valence-corrected chi connectivity index (χ3v) is 3.11. The first-order chi connectivity index (χ1) is 8.74. The molecule has 0 fully saturated rings. The third-order valence-electron chi connectivity index (χ3n) is 3.11. The van der Waals surface area contributed by atoms with E-state index in [0.29, 0.717) is 6.42 Å². The van der Waals surface area contributed by atoms with E-state index in [2.05, 4.69) is 10.4 Å². The number of aryl methyl sites for hydroxylation is 1. The lowest BCUT2D eigenvalue weighted by atomic mass is 10.0. The van der Waals surface area contributed by atoms with Crippen LogP contribution >= 0.6 is 0 Å². The first kappa shape index (κ1) is 12.8. The van der Waals surface area contributed by atoms with Gasteiger partial charge in [-0.15, -0.1) is 0 Å². The molecule has 1 aromatic heterocycles. The van der Waals surface area contributed by atoms with Gasteiger partial charge < -0.3 is 5.32 Å². The zero-order valence-corrected chi connectivity index (χ0v) is 10.7. The van der Waals surface area contributed by atoms with Crippen molar-refractivity contribution in [3.8, 4) is 0 Å². The fourth-order valence-electron chi connectivity index (χ4n) is 2.00. The van der Waals surface area contributed by atoms with E-state index in [1.54, 1.807) is 6.07 Å². The Balaban J connectivity index is 2.17. The lowest BCUT2D eigenvalue weighted by Gasteiger charge is -2.14. The highest BCUT2D eigenvalue weighted by Gasteiger charge is 2.14. The molecule has 0 spiro atoms. The van der Waals surface area contributed by atoms with Gasteiger partial charge in [-0.05, 0) is 32.0 Å². The van der Waals surface area contributed by atoms with Crippen LogP contribution in [0.5, 0.6) is 0 Å². The molecular weight excluding hydrogens is 229 g/mol. The number of rotatable bonds is 5. The van der Waals surface area contributed by atoms with Crippen LogP contribution in [0.25, 0.3) is 0 Å². The Bertz CT molecular complexity index is 507. The van der Waals surface area contributed by atoms with Crippen LogP contribution < -0.4 is 5.32 Å². The van der Waals surface area contributed by atoms with Crippen LogP contribution in [0.4, 0.5) is 4.39 Å². The highest BCUT2D eigenvalue weighted by molar-refractivity contribution is 5.22. The van der Waals surface area contributed by atoms with E-state index in [1.165, 1.54) is 6.07 Å². The topological polar surface area (TPSA) is 29.9 Å². The van der Waals surface area contributed by atoms with Crippen LogP contribution in [-0.2, 0) is 13.0 Å². The molecule has 4 heteroatoms. The normalized spacial score (nSPS) is 12.6. The second-order valence-electron chi connectivity index (χ2n) is 4.27. The third kappa shape index (κ3) is 2.76. The molecule has 0 bridgehead atoms. The molecule has 0 amide bonds. The van der Waals surface area contributed by atoms with Gasteiger partial charge in [0, 0.05) is 24.3 Å². The second-order valence-corrected chi connectivity index (χ2v) is 4.27. The van der Waals surface area contributed by atoms with Crippen molar-refractivity contribution in [1.29, 1.82) is 0 Å². The maximum absolute atomic E-state index is 13.6. The lowest BCUT2D eigenvalue weighted by Crippen LogP contribution is -2.19. The van der Waals surface area contributed by atoms with Crippen molar-refractivity contribution in [2.45, 2.75) is 25.9 Å². The molecule has 18 heavy (non-hydrogen) atoms. The number of nitrogens with zero attached hydrogens (tertiary/aromatic N) is 2. The van der Waals surface area contributed by atoms with E-state index in [0.717, 1.165) is 17.7 Å². The zero-order chi connectivity index (χ0) is 13.0. The molecule has 0 aliphatic carbocycles. The van der Waals surface area contributed by atoms with Crippen LogP contribution in [0.2, 0.25) is 0 Å². The molecule has 96 valence electrons. The van der Waals surface area contributed by atoms with Gasteiger partial charge in [-0.2, -0.15) is 5.10 Å². The summed E-state index contributed by atoms with van der Waals surface area (Å²) >= 11 is 0. The number of aromatic nitrogens is 2. The fourth-order valence-corrected chi connectivity index (χ4v) is 2.00. The maximum Gasteiger partial charge on any atom is 0.126 e. The van der Waals surface area contributed by atoms with Crippen molar-refractivity contribution in [2.24, 2.45) is 0 Å². The number of halogens is 1. The van der Waals surface area contributed by atoms with Crippen molar-refractivity contribution in [2.75, 3.05) is 7.05 Å². The van der Waals surface area contributed by atoms with E-state index >= 15 is 0 Å². The monoisotopic (exact) mass is 247 g/mol. The van der Waals surface area contributed by atoms with E-state index in [-0.39, 0.29) is 11.9 Å². The molecule has 1 aromatic carbocycles. The summed E-state index contributed by atoms with van der Waals surface area (Å²) in [5, 5.41) is 7.46. The number of nitrogens with one attached hydrogen (secondary N) is 1. The molecule has 1 unspecified atom stereocenters. The van der Waals surface area contributed by atoms with Crippen molar-refractivity contribution in [3.05, 3.63) is 53.6 Å². The Hall–Kier alpha value is -1.68. The van der Waals surface area contributed by atoms with Gasteiger partial charge in [0.15, 0.2) is 0 Å². The minimum Gasteiger partial charge on any atom is -0.313 e. The van der Waals surface area contributed by atoms with Gasteiger partial charge >= 0.3 is 0 Å². The zero-order valence-electron chi connectivity index (χ0n) is 10.7. The predicted octanol–water partition coefficient (Wildman–Crippen LogP) is 2.55. The quantitative estimate of drug-likeness (QED) is 0.880.